The normalized spacial score (nSPS) is 15.8. The maximum atomic E-state index is 12.6. The van der Waals surface area contributed by atoms with Crippen LogP contribution in [0.2, 0.25) is 0 Å². The van der Waals surface area contributed by atoms with Crippen molar-refractivity contribution in [3.8, 4) is 0 Å². The third-order valence-corrected chi connectivity index (χ3v) is 5.37. The molecular formula is C15H24ClN3O4S. The van der Waals surface area contributed by atoms with E-state index in [2.05, 4.69) is 9.62 Å². The van der Waals surface area contributed by atoms with Crippen molar-refractivity contribution < 1.29 is 18.3 Å². The Morgan fingerprint density at radius 2 is 1.88 bits per heavy atom. The van der Waals surface area contributed by atoms with Crippen LogP contribution in [0.25, 0.3) is 0 Å². The number of nitrogens with zero attached hydrogens (tertiary/aromatic N) is 2. The van der Waals surface area contributed by atoms with Crippen molar-refractivity contribution in [2.45, 2.75) is 18.2 Å². The van der Waals surface area contributed by atoms with Crippen LogP contribution in [0.5, 0.6) is 0 Å². The van der Waals surface area contributed by atoms with E-state index in [0.717, 1.165) is 13.1 Å². The minimum Gasteiger partial charge on any atom is -0.478 e. The molecule has 1 aliphatic rings. The van der Waals surface area contributed by atoms with E-state index in [0.29, 0.717) is 31.7 Å². The number of carbonyl (C=O) groups is 1. The van der Waals surface area contributed by atoms with Gasteiger partial charge < -0.3 is 14.9 Å². The first-order valence-electron chi connectivity index (χ1n) is 7.65. The number of carboxylic acid groups (broad SMARTS) is 1. The van der Waals surface area contributed by atoms with Crippen molar-refractivity contribution in [2.75, 3.05) is 44.7 Å². The fourth-order valence-corrected chi connectivity index (χ4v) is 3.87. The quantitative estimate of drug-likeness (QED) is 0.775. The summed E-state index contributed by atoms with van der Waals surface area (Å²) in [5, 5.41) is 9.15. The van der Waals surface area contributed by atoms with Gasteiger partial charge in [0, 0.05) is 32.7 Å². The molecule has 0 atom stereocenters. The van der Waals surface area contributed by atoms with Crippen LogP contribution in [0.1, 0.15) is 23.7 Å². The Hall–Kier alpha value is -1.35. The van der Waals surface area contributed by atoms with Crippen LogP contribution in [-0.4, -0.2) is 64.2 Å². The van der Waals surface area contributed by atoms with E-state index < -0.39 is 16.0 Å². The summed E-state index contributed by atoms with van der Waals surface area (Å²) in [7, 11) is -1.72. The minimum absolute atomic E-state index is 0. The Morgan fingerprint density at radius 1 is 1.25 bits per heavy atom. The Morgan fingerprint density at radius 3 is 2.42 bits per heavy atom. The summed E-state index contributed by atoms with van der Waals surface area (Å²) >= 11 is 0. The zero-order valence-electron chi connectivity index (χ0n) is 13.9. The zero-order chi connectivity index (χ0) is 17.0. The van der Waals surface area contributed by atoms with E-state index in [9.17, 15) is 13.2 Å². The van der Waals surface area contributed by atoms with Gasteiger partial charge in [-0.05, 0) is 31.7 Å². The van der Waals surface area contributed by atoms with Crippen LogP contribution < -0.4 is 9.62 Å². The van der Waals surface area contributed by atoms with E-state index in [1.54, 1.807) is 6.07 Å². The summed E-state index contributed by atoms with van der Waals surface area (Å²) in [4.78, 5) is 15.4. The Labute approximate surface area is 149 Å². The third kappa shape index (κ3) is 4.83. The Bertz CT molecular complexity index is 673. The number of benzene rings is 1. The number of carboxylic acids is 1. The van der Waals surface area contributed by atoms with Crippen molar-refractivity contribution in [3.63, 3.8) is 0 Å². The summed E-state index contributed by atoms with van der Waals surface area (Å²) in [5.41, 5.74) is 0.534. The molecule has 1 aromatic rings. The average molecular weight is 378 g/mol. The van der Waals surface area contributed by atoms with Gasteiger partial charge in [0.15, 0.2) is 0 Å². The van der Waals surface area contributed by atoms with Crippen LogP contribution in [0.3, 0.4) is 0 Å². The first-order valence-corrected chi connectivity index (χ1v) is 9.14. The molecule has 1 heterocycles. The number of anilines is 1. The van der Waals surface area contributed by atoms with Crippen LogP contribution >= 0.6 is 12.4 Å². The largest absolute Gasteiger partial charge is 0.478 e. The standard InChI is InChI=1S/C15H23N3O4S.ClH/c1-3-6-16-23(21,22)14-11-12(15(19)20)4-5-13(14)18-9-7-17(2)8-10-18;/h4-5,11,16H,3,6-10H2,1-2H3,(H,19,20);1H. The molecule has 0 radical (unpaired) electrons. The second kappa shape index (κ2) is 8.66. The predicted molar refractivity (Wildman–Crippen MR) is 95.8 cm³/mol. The highest BCUT2D eigenvalue weighted by molar-refractivity contribution is 7.89. The Kier molecular flexibility index (Phi) is 7.47. The van der Waals surface area contributed by atoms with Gasteiger partial charge in [0.05, 0.1) is 11.3 Å². The van der Waals surface area contributed by atoms with Gasteiger partial charge in [-0.1, -0.05) is 6.92 Å². The highest BCUT2D eigenvalue weighted by Gasteiger charge is 2.25. The summed E-state index contributed by atoms with van der Waals surface area (Å²) in [6, 6.07) is 4.29. The molecule has 2 N–H and O–H groups in total. The van der Waals surface area contributed by atoms with Gasteiger partial charge in [0.2, 0.25) is 10.0 Å². The molecule has 2 rings (SSSR count). The molecule has 1 saturated heterocycles. The van der Waals surface area contributed by atoms with Gasteiger partial charge in [-0.25, -0.2) is 17.9 Å². The van der Waals surface area contributed by atoms with E-state index in [1.807, 2.05) is 18.9 Å². The lowest BCUT2D eigenvalue weighted by atomic mass is 10.2. The van der Waals surface area contributed by atoms with Gasteiger partial charge in [-0.2, -0.15) is 0 Å². The molecule has 7 nitrogen and oxygen atoms in total. The van der Waals surface area contributed by atoms with E-state index >= 15 is 0 Å². The van der Waals surface area contributed by atoms with Crippen LogP contribution in [0, 0.1) is 0 Å². The molecule has 0 aromatic heterocycles. The maximum Gasteiger partial charge on any atom is 0.335 e. The topological polar surface area (TPSA) is 89.9 Å². The molecule has 1 fully saturated rings. The fourth-order valence-electron chi connectivity index (χ4n) is 2.49. The molecule has 24 heavy (non-hydrogen) atoms. The highest BCUT2D eigenvalue weighted by atomic mass is 35.5. The maximum absolute atomic E-state index is 12.6. The van der Waals surface area contributed by atoms with Crippen molar-refractivity contribution in [2.24, 2.45) is 0 Å². The summed E-state index contributed by atoms with van der Waals surface area (Å²) in [5.74, 6) is -1.14. The lowest BCUT2D eigenvalue weighted by Gasteiger charge is -2.35. The Balaban J connectivity index is 0.00000288. The number of aromatic carboxylic acids is 1. The van der Waals surface area contributed by atoms with Crippen molar-refractivity contribution >= 4 is 34.1 Å². The third-order valence-electron chi connectivity index (χ3n) is 3.88. The predicted octanol–water partition coefficient (Wildman–Crippen LogP) is 1.25. The van der Waals surface area contributed by atoms with Crippen LogP contribution in [0.4, 0.5) is 5.69 Å². The average Bonchev–Trinajstić information content (AvgIpc) is 2.53. The smallest absolute Gasteiger partial charge is 0.335 e. The van der Waals surface area contributed by atoms with E-state index in [1.165, 1.54) is 12.1 Å². The van der Waals surface area contributed by atoms with Gasteiger partial charge in [-0.3, -0.25) is 0 Å². The molecule has 136 valence electrons. The first-order chi connectivity index (χ1) is 10.8. The number of rotatable bonds is 6. The van der Waals surface area contributed by atoms with E-state index in [4.69, 9.17) is 5.11 Å². The summed E-state index contributed by atoms with van der Waals surface area (Å²) in [6.07, 6.45) is 0.668. The minimum atomic E-state index is -3.74. The van der Waals surface area contributed by atoms with Crippen LogP contribution in [-0.2, 0) is 10.0 Å². The molecule has 0 unspecified atom stereocenters. The number of piperazine rings is 1. The molecule has 9 heteroatoms. The molecule has 0 bridgehead atoms. The molecule has 0 amide bonds. The first kappa shape index (κ1) is 20.7. The van der Waals surface area contributed by atoms with Gasteiger partial charge in [0.1, 0.15) is 4.90 Å². The second-order valence-electron chi connectivity index (χ2n) is 5.68. The monoisotopic (exact) mass is 377 g/mol. The molecular weight excluding hydrogens is 354 g/mol. The molecule has 0 saturated carbocycles. The highest BCUT2D eigenvalue weighted by Crippen LogP contribution is 2.27. The molecule has 1 aliphatic heterocycles. The van der Waals surface area contributed by atoms with Crippen molar-refractivity contribution in [1.29, 1.82) is 0 Å². The van der Waals surface area contributed by atoms with Crippen molar-refractivity contribution in [1.82, 2.24) is 9.62 Å². The number of halogens is 1. The number of sulfonamides is 1. The van der Waals surface area contributed by atoms with Gasteiger partial charge in [0.25, 0.3) is 0 Å². The van der Waals surface area contributed by atoms with Crippen LogP contribution in [0.15, 0.2) is 23.1 Å². The lowest BCUT2D eigenvalue weighted by Crippen LogP contribution is -2.45. The van der Waals surface area contributed by atoms with E-state index in [-0.39, 0.29) is 22.9 Å². The number of hydrogen-bond acceptors (Lipinski definition) is 5. The number of nitrogens with one attached hydrogen (secondary N) is 1. The lowest BCUT2D eigenvalue weighted by molar-refractivity contribution is 0.0696. The molecule has 0 aliphatic carbocycles. The molecule has 1 aromatic carbocycles. The van der Waals surface area contributed by atoms with Gasteiger partial charge in [-0.15, -0.1) is 12.4 Å². The van der Waals surface area contributed by atoms with Gasteiger partial charge >= 0.3 is 5.97 Å². The summed E-state index contributed by atoms with van der Waals surface area (Å²) < 4.78 is 27.6. The number of hydrogen-bond donors (Lipinski definition) is 2. The molecule has 0 spiro atoms. The van der Waals surface area contributed by atoms with Crippen molar-refractivity contribution in [3.05, 3.63) is 23.8 Å². The fraction of sp³-hybridized carbons (Fsp3) is 0.533. The summed E-state index contributed by atoms with van der Waals surface area (Å²) in [6.45, 7) is 5.28. The SMILES string of the molecule is CCCNS(=O)(=O)c1cc(C(=O)O)ccc1N1CCN(C)CC1.Cl. The number of likely N-dealkylation sites (N-methyl/N-ethyl adjacent to an activating group) is 1. The zero-order valence-corrected chi connectivity index (χ0v) is 15.5. The second-order valence-corrected chi connectivity index (χ2v) is 7.41.